The highest BCUT2D eigenvalue weighted by Gasteiger charge is 2.44. The molecule has 1 amide bonds. The van der Waals surface area contributed by atoms with E-state index < -0.39 is 4.75 Å². The summed E-state index contributed by atoms with van der Waals surface area (Å²) in [6.45, 7) is 17.1. The van der Waals surface area contributed by atoms with Gasteiger partial charge in [0, 0.05) is 78.4 Å². The van der Waals surface area contributed by atoms with E-state index in [1.807, 2.05) is 0 Å². The number of aromatic nitrogens is 1. The molecule has 0 saturated heterocycles. The molecule has 4 aromatic carbocycles. The van der Waals surface area contributed by atoms with Gasteiger partial charge in [-0.05, 0) is 88.2 Å². The van der Waals surface area contributed by atoms with E-state index in [0.717, 1.165) is 60.8 Å². The van der Waals surface area contributed by atoms with Crippen molar-refractivity contribution >= 4 is 61.7 Å². The molecule has 6 nitrogen and oxygen atoms in total. The number of amides is 1. The number of nitrogens with zero attached hydrogens (tertiary/aromatic N) is 4. The Kier molecular flexibility index (Phi) is 8.65. The molecule has 7 heteroatoms. The predicted molar refractivity (Wildman–Crippen MR) is 194 cm³/mol. The van der Waals surface area contributed by atoms with Crippen LogP contribution >= 0.6 is 11.8 Å². The molecule has 1 atom stereocenters. The number of benzene rings is 4. The van der Waals surface area contributed by atoms with Crippen molar-refractivity contribution in [3.63, 3.8) is 0 Å². The van der Waals surface area contributed by atoms with E-state index in [1.165, 1.54) is 27.5 Å². The molecule has 1 aromatic heterocycles. The second kappa shape index (κ2) is 12.6. The molecule has 6 rings (SSSR count). The lowest BCUT2D eigenvalue weighted by Crippen LogP contribution is -2.36. The smallest absolute Gasteiger partial charge is 0.222 e. The van der Waals surface area contributed by atoms with E-state index in [-0.39, 0.29) is 5.91 Å². The molecule has 2 heterocycles. The van der Waals surface area contributed by atoms with Gasteiger partial charge in [0.05, 0.1) is 5.69 Å². The number of anilines is 2. The van der Waals surface area contributed by atoms with Gasteiger partial charge in [0.25, 0.3) is 0 Å². The maximum Gasteiger partial charge on any atom is 0.222 e. The molecular weight excluding hydrogens is 575 g/mol. The zero-order chi connectivity index (χ0) is 31.7. The van der Waals surface area contributed by atoms with Crippen molar-refractivity contribution < 1.29 is 4.79 Å². The van der Waals surface area contributed by atoms with Gasteiger partial charge in [-0.3, -0.25) is 4.79 Å². The molecular formula is C38H43N5OS. The molecule has 0 radical (unpaired) electrons. The summed E-state index contributed by atoms with van der Waals surface area (Å²) in [6, 6.07) is 31.2. The van der Waals surface area contributed by atoms with Crippen molar-refractivity contribution in [2.24, 2.45) is 4.99 Å². The van der Waals surface area contributed by atoms with Crippen molar-refractivity contribution in [3.8, 4) is 0 Å². The van der Waals surface area contributed by atoms with Gasteiger partial charge in [0.2, 0.25) is 5.91 Å². The molecule has 1 N–H and O–H groups in total. The number of amidine groups is 1. The number of aliphatic imine (C=N–C) groups is 1. The van der Waals surface area contributed by atoms with Gasteiger partial charge in [0.1, 0.15) is 4.75 Å². The van der Waals surface area contributed by atoms with Crippen molar-refractivity contribution in [1.82, 2.24) is 9.88 Å². The number of hydrogen-bond donors (Lipinski definition) is 1. The molecule has 5 aromatic rings. The van der Waals surface area contributed by atoms with Gasteiger partial charge >= 0.3 is 0 Å². The third kappa shape index (κ3) is 5.27. The standard InChI is InChI=1S/C38H43N5OS/c1-7-41(8-2)29-19-16-27(17-20-29)38(28-18-23-36-32(24-28)31-14-12-13-15-35(31)43(36)11-5)33-22-21-30(42(9-3)10-4)25-34(33)40-37(45-38)39-26(6)44/h12-25H,7-11H2,1-6H3,(H,39,40,44). The molecule has 0 spiro atoms. The third-order valence-corrected chi connectivity index (χ3v) is 10.5. The number of fused-ring (bicyclic) bond motifs is 4. The van der Waals surface area contributed by atoms with Crippen molar-refractivity contribution in [1.29, 1.82) is 0 Å². The molecule has 1 aliphatic rings. The molecule has 232 valence electrons. The van der Waals surface area contributed by atoms with Crippen LogP contribution in [-0.4, -0.2) is 41.8 Å². The number of rotatable bonds is 9. The lowest BCUT2D eigenvalue weighted by atomic mass is 9.82. The monoisotopic (exact) mass is 617 g/mol. The Labute approximate surface area is 271 Å². The van der Waals surface area contributed by atoms with E-state index in [2.05, 4.69) is 139 Å². The van der Waals surface area contributed by atoms with Gasteiger partial charge in [-0.2, -0.15) is 0 Å². The fourth-order valence-corrected chi connectivity index (χ4v) is 8.35. The average molecular weight is 618 g/mol. The highest BCUT2D eigenvalue weighted by atomic mass is 32.2. The summed E-state index contributed by atoms with van der Waals surface area (Å²) in [5.41, 5.74) is 9.10. The Morgan fingerprint density at radius 3 is 2.04 bits per heavy atom. The van der Waals surface area contributed by atoms with Gasteiger partial charge in [-0.1, -0.05) is 54.2 Å². The number of para-hydroxylation sites is 1. The summed E-state index contributed by atoms with van der Waals surface area (Å²) in [5.74, 6) is -0.128. The highest BCUT2D eigenvalue weighted by Crippen LogP contribution is 2.55. The lowest BCUT2D eigenvalue weighted by Gasteiger charge is -2.39. The van der Waals surface area contributed by atoms with E-state index in [4.69, 9.17) is 4.99 Å². The van der Waals surface area contributed by atoms with Crippen LogP contribution < -0.4 is 15.1 Å². The minimum Gasteiger partial charge on any atom is -0.372 e. The van der Waals surface area contributed by atoms with Gasteiger partial charge < -0.3 is 19.7 Å². The van der Waals surface area contributed by atoms with Crippen LogP contribution in [-0.2, 0) is 16.1 Å². The number of carbonyl (C=O) groups is 1. The highest BCUT2D eigenvalue weighted by molar-refractivity contribution is 8.15. The molecule has 0 saturated carbocycles. The Balaban J connectivity index is 1.66. The maximum absolute atomic E-state index is 12.5. The van der Waals surface area contributed by atoms with Crippen molar-refractivity contribution in [2.45, 2.75) is 52.8 Å². The zero-order valence-corrected chi connectivity index (χ0v) is 28.0. The van der Waals surface area contributed by atoms with Crippen LogP contribution in [0.2, 0.25) is 0 Å². The summed E-state index contributed by atoms with van der Waals surface area (Å²) in [7, 11) is 0. The quantitative estimate of drug-likeness (QED) is 0.180. The second-order valence-electron chi connectivity index (χ2n) is 11.5. The minimum atomic E-state index is -0.651. The Morgan fingerprint density at radius 1 is 0.756 bits per heavy atom. The fourth-order valence-electron chi connectivity index (χ4n) is 6.94. The largest absolute Gasteiger partial charge is 0.372 e. The first-order valence-electron chi connectivity index (χ1n) is 16.2. The number of hydrogen-bond acceptors (Lipinski definition) is 5. The van der Waals surface area contributed by atoms with Gasteiger partial charge in [0.15, 0.2) is 5.17 Å². The van der Waals surface area contributed by atoms with Crippen LogP contribution in [0.25, 0.3) is 21.8 Å². The van der Waals surface area contributed by atoms with Gasteiger partial charge in [-0.25, -0.2) is 4.99 Å². The summed E-state index contributed by atoms with van der Waals surface area (Å²) >= 11 is 1.62. The number of thioether (sulfide) groups is 1. The molecule has 1 unspecified atom stereocenters. The van der Waals surface area contributed by atoms with Crippen LogP contribution in [0, 0.1) is 0 Å². The Morgan fingerprint density at radius 2 is 1.38 bits per heavy atom. The zero-order valence-electron chi connectivity index (χ0n) is 27.2. The van der Waals surface area contributed by atoms with E-state index >= 15 is 0 Å². The predicted octanol–water partition coefficient (Wildman–Crippen LogP) is 8.67. The molecule has 1 aliphatic heterocycles. The van der Waals surface area contributed by atoms with Gasteiger partial charge in [-0.15, -0.1) is 0 Å². The van der Waals surface area contributed by atoms with E-state index in [0.29, 0.717) is 5.17 Å². The Bertz CT molecular complexity index is 1880. The SMILES string of the molecule is CCN(CC)c1ccc(C2(c3ccc4c(c3)c3ccccc3n4CC)SC(NC(C)=O)=Nc3cc(N(CC)CC)ccc32)cc1. The van der Waals surface area contributed by atoms with E-state index in [1.54, 1.807) is 18.7 Å². The Hall–Kier alpha value is -4.23. The molecule has 0 aliphatic carbocycles. The van der Waals surface area contributed by atoms with Crippen molar-refractivity contribution in [2.75, 3.05) is 36.0 Å². The summed E-state index contributed by atoms with van der Waals surface area (Å²) in [5, 5.41) is 6.15. The minimum absolute atomic E-state index is 0.128. The molecule has 45 heavy (non-hydrogen) atoms. The fraction of sp³-hybridized carbons (Fsp3) is 0.316. The van der Waals surface area contributed by atoms with Crippen LogP contribution in [0.1, 0.15) is 58.2 Å². The maximum atomic E-state index is 12.5. The first kappa shape index (κ1) is 30.8. The van der Waals surface area contributed by atoms with Crippen LogP contribution in [0.15, 0.2) is 89.9 Å². The normalized spacial score (nSPS) is 16.0. The third-order valence-electron chi connectivity index (χ3n) is 9.14. The molecule has 0 bridgehead atoms. The topological polar surface area (TPSA) is 52.9 Å². The number of nitrogens with one attached hydrogen (secondary N) is 1. The summed E-state index contributed by atoms with van der Waals surface area (Å²) in [6.07, 6.45) is 0. The first-order valence-corrected chi connectivity index (χ1v) is 17.0. The first-order chi connectivity index (χ1) is 21.9. The average Bonchev–Trinajstić information content (AvgIpc) is 3.38. The van der Waals surface area contributed by atoms with Crippen molar-refractivity contribution in [3.05, 3.63) is 102 Å². The molecule has 0 fully saturated rings. The van der Waals surface area contributed by atoms with Crippen LogP contribution in [0.5, 0.6) is 0 Å². The number of carbonyl (C=O) groups excluding carboxylic acids is 1. The second-order valence-corrected chi connectivity index (χ2v) is 12.7. The van der Waals surface area contributed by atoms with E-state index in [9.17, 15) is 4.79 Å². The lowest BCUT2D eigenvalue weighted by molar-refractivity contribution is -0.117. The van der Waals surface area contributed by atoms with Crippen LogP contribution in [0.4, 0.5) is 17.1 Å². The van der Waals surface area contributed by atoms with Crippen LogP contribution in [0.3, 0.4) is 0 Å². The summed E-state index contributed by atoms with van der Waals surface area (Å²) < 4.78 is 1.74. The summed E-state index contributed by atoms with van der Waals surface area (Å²) in [4.78, 5) is 22.3. The number of aryl methyl sites for hydroxylation is 1.